The number of ether oxygens (including phenoxy) is 1. The first-order valence-electron chi connectivity index (χ1n) is 8.58. The van der Waals surface area contributed by atoms with Gasteiger partial charge in [0.25, 0.3) is 0 Å². The van der Waals surface area contributed by atoms with E-state index in [9.17, 15) is 4.79 Å². The van der Waals surface area contributed by atoms with Crippen molar-refractivity contribution in [3.63, 3.8) is 0 Å². The van der Waals surface area contributed by atoms with Crippen LogP contribution in [0.25, 0.3) is 11.1 Å². The average Bonchev–Trinajstić information content (AvgIpc) is 2.63. The van der Waals surface area contributed by atoms with E-state index in [2.05, 4.69) is 0 Å². The molecular formula is C20H22ClNO3. The Labute approximate surface area is 153 Å². The Hall–Kier alpha value is -2.20. The van der Waals surface area contributed by atoms with Crippen molar-refractivity contribution in [2.75, 3.05) is 19.7 Å². The standard InChI is InChI=1S/C20H22ClNO3/c21-18-5-1-16(2-6-18)17-3-7-19(8-4-17)25-14-11-15-9-12-22(13-10-15)20(23)24/h1-8,15H,9-14H2,(H,23,24). The van der Waals surface area contributed by atoms with Gasteiger partial charge in [0.05, 0.1) is 6.61 Å². The smallest absolute Gasteiger partial charge is 0.407 e. The van der Waals surface area contributed by atoms with Crippen LogP contribution in [0.15, 0.2) is 48.5 Å². The summed E-state index contributed by atoms with van der Waals surface area (Å²) in [5, 5.41) is 9.70. The van der Waals surface area contributed by atoms with Gasteiger partial charge < -0.3 is 14.7 Å². The zero-order valence-corrected chi connectivity index (χ0v) is 14.8. The van der Waals surface area contributed by atoms with Gasteiger partial charge in [-0.1, -0.05) is 35.9 Å². The number of amides is 1. The molecule has 1 amide bonds. The molecule has 2 aromatic carbocycles. The number of hydrogen-bond donors (Lipinski definition) is 1. The Bertz CT molecular complexity index is 692. The van der Waals surface area contributed by atoms with Gasteiger partial charge in [0.1, 0.15) is 5.75 Å². The van der Waals surface area contributed by atoms with Crippen LogP contribution in [0.1, 0.15) is 19.3 Å². The van der Waals surface area contributed by atoms with Gasteiger partial charge in [-0.15, -0.1) is 0 Å². The molecule has 25 heavy (non-hydrogen) atoms. The molecule has 1 fully saturated rings. The number of likely N-dealkylation sites (tertiary alicyclic amines) is 1. The van der Waals surface area contributed by atoms with Crippen LogP contribution in [0, 0.1) is 5.92 Å². The van der Waals surface area contributed by atoms with Crippen molar-refractivity contribution in [3.05, 3.63) is 53.6 Å². The third kappa shape index (κ3) is 4.89. The highest BCUT2D eigenvalue weighted by Gasteiger charge is 2.21. The summed E-state index contributed by atoms with van der Waals surface area (Å²) in [5.74, 6) is 1.41. The van der Waals surface area contributed by atoms with Crippen LogP contribution in [0.4, 0.5) is 4.79 Å². The van der Waals surface area contributed by atoms with Crippen LogP contribution in [-0.4, -0.2) is 35.8 Å². The summed E-state index contributed by atoms with van der Waals surface area (Å²) in [6.07, 6.45) is 2.00. The summed E-state index contributed by atoms with van der Waals surface area (Å²) in [7, 11) is 0. The molecule has 4 nitrogen and oxygen atoms in total. The van der Waals surface area contributed by atoms with E-state index in [1.165, 1.54) is 4.90 Å². The summed E-state index contributed by atoms with van der Waals surface area (Å²) >= 11 is 5.92. The van der Waals surface area contributed by atoms with E-state index < -0.39 is 6.09 Å². The van der Waals surface area contributed by atoms with Crippen LogP contribution in [0.5, 0.6) is 5.75 Å². The average molecular weight is 360 g/mol. The van der Waals surface area contributed by atoms with E-state index in [-0.39, 0.29) is 0 Å². The number of piperidine rings is 1. The van der Waals surface area contributed by atoms with Gasteiger partial charge in [-0.3, -0.25) is 0 Å². The second-order valence-corrected chi connectivity index (χ2v) is 6.82. The minimum absolute atomic E-state index is 0.545. The number of rotatable bonds is 5. The van der Waals surface area contributed by atoms with E-state index >= 15 is 0 Å². The highest BCUT2D eigenvalue weighted by molar-refractivity contribution is 6.30. The van der Waals surface area contributed by atoms with Gasteiger partial charge >= 0.3 is 6.09 Å². The molecule has 1 aliphatic heterocycles. The van der Waals surface area contributed by atoms with Crippen molar-refractivity contribution in [1.82, 2.24) is 4.90 Å². The molecule has 0 aliphatic carbocycles. The molecule has 2 aromatic rings. The van der Waals surface area contributed by atoms with Gasteiger partial charge in [-0.2, -0.15) is 0 Å². The fraction of sp³-hybridized carbons (Fsp3) is 0.350. The van der Waals surface area contributed by atoms with Crippen LogP contribution in [-0.2, 0) is 0 Å². The fourth-order valence-electron chi connectivity index (χ4n) is 3.14. The lowest BCUT2D eigenvalue weighted by Crippen LogP contribution is -2.37. The van der Waals surface area contributed by atoms with Crippen molar-refractivity contribution in [1.29, 1.82) is 0 Å². The van der Waals surface area contributed by atoms with Crippen molar-refractivity contribution >= 4 is 17.7 Å². The quantitative estimate of drug-likeness (QED) is 0.801. The van der Waals surface area contributed by atoms with Gasteiger partial charge in [0, 0.05) is 18.1 Å². The summed E-state index contributed by atoms with van der Waals surface area (Å²) < 4.78 is 5.84. The minimum Gasteiger partial charge on any atom is -0.494 e. The molecule has 3 rings (SSSR count). The van der Waals surface area contributed by atoms with E-state index in [1.54, 1.807) is 0 Å². The van der Waals surface area contributed by atoms with Crippen molar-refractivity contribution in [3.8, 4) is 16.9 Å². The van der Waals surface area contributed by atoms with Crippen LogP contribution < -0.4 is 4.74 Å². The molecular weight excluding hydrogens is 338 g/mol. The second-order valence-electron chi connectivity index (χ2n) is 6.38. The second kappa shape index (κ2) is 8.26. The molecule has 0 atom stereocenters. The fourth-order valence-corrected chi connectivity index (χ4v) is 3.27. The maximum atomic E-state index is 10.9. The third-order valence-electron chi connectivity index (χ3n) is 4.71. The number of benzene rings is 2. The van der Waals surface area contributed by atoms with Crippen molar-refractivity contribution < 1.29 is 14.6 Å². The summed E-state index contributed by atoms with van der Waals surface area (Å²) in [4.78, 5) is 12.4. The highest BCUT2D eigenvalue weighted by atomic mass is 35.5. The Morgan fingerprint density at radius 3 is 2.16 bits per heavy atom. The SMILES string of the molecule is O=C(O)N1CCC(CCOc2ccc(-c3ccc(Cl)cc3)cc2)CC1. The van der Waals surface area contributed by atoms with Crippen LogP contribution in [0.2, 0.25) is 5.02 Å². The zero-order chi connectivity index (χ0) is 17.6. The molecule has 1 N–H and O–H groups in total. The highest BCUT2D eigenvalue weighted by Crippen LogP contribution is 2.25. The van der Waals surface area contributed by atoms with Crippen molar-refractivity contribution in [2.24, 2.45) is 5.92 Å². The molecule has 0 bridgehead atoms. The molecule has 5 heteroatoms. The van der Waals surface area contributed by atoms with Crippen molar-refractivity contribution in [2.45, 2.75) is 19.3 Å². The zero-order valence-electron chi connectivity index (χ0n) is 14.0. The molecule has 0 unspecified atom stereocenters. The maximum Gasteiger partial charge on any atom is 0.407 e. The first-order valence-corrected chi connectivity index (χ1v) is 8.96. The Balaban J connectivity index is 1.45. The molecule has 1 heterocycles. The lowest BCUT2D eigenvalue weighted by molar-refractivity contribution is 0.119. The molecule has 0 spiro atoms. The summed E-state index contributed by atoms with van der Waals surface area (Å²) in [5.41, 5.74) is 2.26. The number of hydrogen-bond acceptors (Lipinski definition) is 2. The monoisotopic (exact) mass is 359 g/mol. The van der Waals surface area contributed by atoms with Crippen LogP contribution >= 0.6 is 11.6 Å². The largest absolute Gasteiger partial charge is 0.494 e. The summed E-state index contributed by atoms with van der Waals surface area (Å²) in [6.45, 7) is 1.93. The number of nitrogens with zero attached hydrogens (tertiary/aromatic N) is 1. The number of carboxylic acid groups (broad SMARTS) is 1. The predicted molar refractivity (Wildman–Crippen MR) is 99.3 cm³/mol. The molecule has 1 saturated heterocycles. The molecule has 0 radical (unpaired) electrons. The molecule has 0 aromatic heterocycles. The van der Waals surface area contributed by atoms with Gasteiger partial charge in [-0.05, 0) is 60.6 Å². The van der Waals surface area contributed by atoms with E-state index in [0.29, 0.717) is 25.6 Å². The third-order valence-corrected chi connectivity index (χ3v) is 4.96. The topological polar surface area (TPSA) is 49.8 Å². The summed E-state index contributed by atoms with van der Waals surface area (Å²) in [6, 6.07) is 15.8. The normalized spacial score (nSPS) is 15.2. The number of carbonyl (C=O) groups is 1. The first kappa shape index (κ1) is 17.6. The molecule has 1 aliphatic rings. The Kier molecular flexibility index (Phi) is 5.82. The van der Waals surface area contributed by atoms with Gasteiger partial charge in [0.15, 0.2) is 0 Å². The first-order chi connectivity index (χ1) is 12.1. The Morgan fingerprint density at radius 1 is 1.04 bits per heavy atom. The Morgan fingerprint density at radius 2 is 1.60 bits per heavy atom. The van der Waals surface area contributed by atoms with E-state index in [4.69, 9.17) is 21.4 Å². The predicted octanol–water partition coefficient (Wildman–Crippen LogP) is 5.17. The number of halogens is 1. The maximum absolute atomic E-state index is 10.9. The molecule has 0 saturated carbocycles. The van der Waals surface area contributed by atoms with E-state index in [0.717, 1.165) is 41.2 Å². The van der Waals surface area contributed by atoms with Gasteiger partial charge in [0.2, 0.25) is 0 Å². The van der Waals surface area contributed by atoms with Crippen LogP contribution in [0.3, 0.4) is 0 Å². The van der Waals surface area contributed by atoms with Gasteiger partial charge in [-0.25, -0.2) is 4.79 Å². The molecule has 132 valence electrons. The minimum atomic E-state index is -0.810. The van der Waals surface area contributed by atoms with E-state index in [1.807, 2.05) is 48.5 Å². The lowest BCUT2D eigenvalue weighted by atomic mass is 9.94. The lowest BCUT2D eigenvalue weighted by Gasteiger charge is -2.29.